The number of carbonyl (C=O) groups excluding carboxylic acids is 1. The molecule has 0 radical (unpaired) electrons. The van der Waals surface area contributed by atoms with Gasteiger partial charge < -0.3 is 9.47 Å². The molecule has 2 aliphatic heterocycles. The molecule has 0 saturated carbocycles. The van der Waals surface area contributed by atoms with Crippen LogP contribution in [0.5, 0.6) is 11.5 Å². The van der Waals surface area contributed by atoms with Crippen molar-refractivity contribution in [3.05, 3.63) is 94.3 Å². The summed E-state index contributed by atoms with van der Waals surface area (Å²) in [6.07, 6.45) is 5.62. The number of benzene rings is 2. The number of fused-ring (bicyclic) bond motifs is 1. The highest BCUT2D eigenvalue weighted by Gasteiger charge is 2.36. The number of nitrogens with one attached hydrogen (secondary N) is 1. The summed E-state index contributed by atoms with van der Waals surface area (Å²) in [6.45, 7) is 2.99. The first-order valence-electron chi connectivity index (χ1n) is 11.5. The molecule has 2 aromatic carbocycles. The Kier molecular flexibility index (Phi) is 7.34. The minimum absolute atomic E-state index is 0.0496. The molecule has 8 nitrogen and oxygen atoms in total. The topological polar surface area (TPSA) is 100 Å². The zero-order chi connectivity index (χ0) is 25.8. The molecule has 2 aliphatic rings. The second-order valence-corrected chi connectivity index (χ2v) is 9.59. The third kappa shape index (κ3) is 5.73. The lowest BCUT2D eigenvalue weighted by Gasteiger charge is -2.20. The molecule has 0 aliphatic carbocycles. The van der Waals surface area contributed by atoms with E-state index in [4.69, 9.17) is 26.5 Å². The highest BCUT2D eigenvalue weighted by atomic mass is 35.5. The number of hydrogen-bond acceptors (Lipinski definition) is 7. The maximum atomic E-state index is 12.7. The lowest BCUT2D eigenvalue weighted by molar-refractivity contribution is -0.114. The summed E-state index contributed by atoms with van der Waals surface area (Å²) in [6, 6.07) is 16.8. The van der Waals surface area contributed by atoms with Gasteiger partial charge in [-0.25, -0.2) is 0 Å². The van der Waals surface area contributed by atoms with E-state index in [-0.39, 0.29) is 11.4 Å². The number of aryl methyl sites for hydroxylation is 1. The summed E-state index contributed by atoms with van der Waals surface area (Å²) in [7, 11) is 0. The van der Waals surface area contributed by atoms with Crippen LogP contribution in [-0.4, -0.2) is 45.2 Å². The van der Waals surface area contributed by atoms with Crippen LogP contribution < -0.4 is 9.47 Å². The van der Waals surface area contributed by atoms with Gasteiger partial charge in [0.25, 0.3) is 5.91 Å². The quantitative estimate of drug-likeness (QED) is 0.302. The van der Waals surface area contributed by atoms with Gasteiger partial charge in [0.05, 0.1) is 23.8 Å². The van der Waals surface area contributed by atoms with E-state index in [2.05, 4.69) is 15.1 Å². The average molecular weight is 532 g/mol. The highest BCUT2D eigenvalue weighted by Crippen LogP contribution is 2.32. The molecule has 0 atom stereocenters. The number of hydrazone groups is 1. The number of thioether (sulfide) groups is 1. The van der Waals surface area contributed by atoms with Crippen LogP contribution in [0.15, 0.2) is 82.7 Å². The Bertz CT molecular complexity index is 1460. The van der Waals surface area contributed by atoms with E-state index in [0.717, 1.165) is 16.9 Å². The van der Waals surface area contributed by atoms with Crippen molar-refractivity contribution in [2.24, 2.45) is 10.1 Å². The Hall–Kier alpha value is -3.95. The molecule has 0 unspecified atom stereocenters. The van der Waals surface area contributed by atoms with Crippen molar-refractivity contribution in [1.82, 2.24) is 9.99 Å². The van der Waals surface area contributed by atoms with Crippen molar-refractivity contribution in [2.75, 3.05) is 13.2 Å². The molecule has 0 spiro atoms. The van der Waals surface area contributed by atoms with Crippen molar-refractivity contribution in [3.63, 3.8) is 0 Å². The molecule has 1 N–H and O–H groups in total. The van der Waals surface area contributed by atoms with E-state index in [1.807, 2.05) is 37.3 Å². The molecule has 0 fully saturated rings. The van der Waals surface area contributed by atoms with Crippen molar-refractivity contribution in [3.8, 4) is 11.5 Å². The first-order chi connectivity index (χ1) is 18.0. The van der Waals surface area contributed by atoms with E-state index in [1.54, 1.807) is 42.7 Å². The van der Waals surface area contributed by atoms with Crippen molar-refractivity contribution in [1.29, 1.82) is 5.41 Å². The molecule has 1 amide bonds. The summed E-state index contributed by atoms with van der Waals surface area (Å²) in [5.74, 6) is 0.815. The molecule has 10 heteroatoms. The zero-order valence-corrected chi connectivity index (χ0v) is 21.4. The van der Waals surface area contributed by atoms with Crippen molar-refractivity contribution in [2.45, 2.75) is 13.3 Å². The summed E-state index contributed by atoms with van der Waals surface area (Å²) >= 11 is 7.66. The van der Waals surface area contributed by atoms with Gasteiger partial charge in [0.1, 0.15) is 16.5 Å². The van der Waals surface area contributed by atoms with Gasteiger partial charge in [-0.2, -0.15) is 15.1 Å². The van der Waals surface area contributed by atoms with Gasteiger partial charge in [0, 0.05) is 24.4 Å². The molecule has 5 rings (SSSR count). The van der Waals surface area contributed by atoms with E-state index in [1.165, 1.54) is 16.8 Å². The molecule has 3 aromatic rings. The number of rotatable bonds is 8. The molecule has 186 valence electrons. The summed E-state index contributed by atoms with van der Waals surface area (Å²) < 4.78 is 11.5. The fourth-order valence-electron chi connectivity index (χ4n) is 3.62. The number of pyridine rings is 1. The summed E-state index contributed by atoms with van der Waals surface area (Å²) in [5.41, 5.74) is 2.71. The smallest absolute Gasteiger partial charge is 0.283 e. The monoisotopic (exact) mass is 531 g/mol. The minimum atomic E-state index is -0.503. The van der Waals surface area contributed by atoms with Crippen LogP contribution in [0, 0.1) is 12.3 Å². The third-order valence-electron chi connectivity index (χ3n) is 5.43. The van der Waals surface area contributed by atoms with Crippen LogP contribution in [0.1, 0.15) is 23.1 Å². The van der Waals surface area contributed by atoms with Crippen molar-refractivity contribution >= 4 is 51.4 Å². The van der Waals surface area contributed by atoms with Gasteiger partial charge in [-0.05, 0) is 72.3 Å². The van der Waals surface area contributed by atoms with E-state index in [9.17, 15) is 4.79 Å². The molecular formula is C27H22ClN5O3S. The van der Waals surface area contributed by atoms with Crippen LogP contribution in [0.2, 0.25) is 5.02 Å². The number of carbonyl (C=O) groups is 1. The van der Waals surface area contributed by atoms with Crippen LogP contribution >= 0.6 is 23.4 Å². The number of aromatic nitrogens is 1. The van der Waals surface area contributed by atoms with Crippen LogP contribution in [0.3, 0.4) is 0 Å². The van der Waals surface area contributed by atoms with Crippen molar-refractivity contribution < 1.29 is 14.3 Å². The molecule has 3 heterocycles. The fourth-order valence-corrected chi connectivity index (χ4v) is 4.75. The van der Waals surface area contributed by atoms with E-state index in [0.29, 0.717) is 46.2 Å². The van der Waals surface area contributed by atoms with Crippen LogP contribution in [0.4, 0.5) is 0 Å². The maximum Gasteiger partial charge on any atom is 0.283 e. The normalized spacial score (nSPS) is 15.9. The lowest BCUT2D eigenvalue weighted by Crippen LogP contribution is -2.35. The second kappa shape index (κ2) is 11.0. The summed E-state index contributed by atoms with van der Waals surface area (Å²) in [4.78, 5) is 20.9. The standard InChI is InChI=1S/C27H22ClN5O3S/c1-17-5-2-7-20(13-17)35-11-4-12-36-23-9-8-18(15-22(23)28)14-21-24(29)33-27(31-25(21)34)37-26(32-33)19-6-3-10-30-16-19/h2-3,5-10,13-16,29H,4,11-12H2,1H3/b21-14-,29-24?. The predicted molar refractivity (Wildman–Crippen MR) is 147 cm³/mol. The first-order valence-corrected chi connectivity index (χ1v) is 12.7. The maximum absolute atomic E-state index is 12.7. The van der Waals surface area contributed by atoms with E-state index < -0.39 is 5.91 Å². The number of ether oxygens (including phenoxy) is 2. The lowest BCUT2D eigenvalue weighted by atomic mass is 10.1. The zero-order valence-electron chi connectivity index (χ0n) is 19.8. The van der Waals surface area contributed by atoms with Crippen LogP contribution in [-0.2, 0) is 4.79 Å². The Morgan fingerprint density at radius 2 is 1.97 bits per heavy atom. The number of aliphatic imine (C=N–C) groups is 1. The number of hydrogen-bond donors (Lipinski definition) is 1. The number of halogens is 1. The van der Waals surface area contributed by atoms with E-state index >= 15 is 0 Å². The van der Waals surface area contributed by atoms with Gasteiger partial charge in [0.15, 0.2) is 5.84 Å². The minimum Gasteiger partial charge on any atom is -0.493 e. The number of amidine groups is 2. The van der Waals surface area contributed by atoms with Gasteiger partial charge in [-0.1, -0.05) is 29.8 Å². The highest BCUT2D eigenvalue weighted by molar-refractivity contribution is 8.27. The Balaban J connectivity index is 1.21. The SMILES string of the molecule is Cc1cccc(OCCCOc2ccc(/C=C3/C(=N)N4N=C(c5cccnc5)SC4=NC3=O)cc2Cl)c1. The second-order valence-electron chi connectivity index (χ2n) is 8.22. The number of nitrogens with zero attached hydrogens (tertiary/aromatic N) is 4. The van der Waals surface area contributed by atoms with Gasteiger partial charge in [-0.3, -0.25) is 15.2 Å². The summed E-state index contributed by atoms with van der Waals surface area (Å²) in [5, 5.41) is 15.8. The van der Waals surface area contributed by atoms with Gasteiger partial charge in [0.2, 0.25) is 5.17 Å². The largest absolute Gasteiger partial charge is 0.493 e. The molecule has 0 bridgehead atoms. The molecule has 37 heavy (non-hydrogen) atoms. The predicted octanol–water partition coefficient (Wildman–Crippen LogP) is 5.56. The third-order valence-corrected chi connectivity index (χ3v) is 6.69. The van der Waals surface area contributed by atoms with Crippen LogP contribution in [0.25, 0.3) is 6.08 Å². The molecule has 0 saturated heterocycles. The Morgan fingerprint density at radius 1 is 1.11 bits per heavy atom. The Labute approximate surface area is 223 Å². The Morgan fingerprint density at radius 3 is 2.76 bits per heavy atom. The molecule has 1 aromatic heterocycles. The number of amides is 1. The average Bonchev–Trinajstić information content (AvgIpc) is 3.32. The molecular weight excluding hydrogens is 510 g/mol. The first kappa shape index (κ1) is 24.7. The fraction of sp³-hybridized carbons (Fsp3) is 0.148. The van der Waals surface area contributed by atoms with Gasteiger partial charge in [-0.15, -0.1) is 0 Å². The van der Waals surface area contributed by atoms with Gasteiger partial charge >= 0.3 is 0 Å².